The third kappa shape index (κ3) is 14.2. The Labute approximate surface area is 859 Å². The summed E-state index contributed by atoms with van der Waals surface area (Å²) >= 11 is 0. The van der Waals surface area contributed by atoms with Crippen molar-refractivity contribution in [2.75, 3.05) is 9.80 Å². The van der Waals surface area contributed by atoms with E-state index >= 15 is 19.2 Å². The summed E-state index contributed by atoms with van der Waals surface area (Å²) in [6.07, 6.45) is 9.65. The summed E-state index contributed by atoms with van der Waals surface area (Å²) in [4.78, 5) is 100. The lowest BCUT2D eigenvalue weighted by Gasteiger charge is -2.33. The van der Waals surface area contributed by atoms with Gasteiger partial charge in [0.2, 0.25) is 12.2 Å². The third-order valence-corrected chi connectivity index (χ3v) is 31.9. The molecule has 726 valence electrons. The average molecular weight is 1940 g/mol. The zero-order valence-corrected chi connectivity index (χ0v) is 86.8. The molecule has 0 spiro atoms. The van der Waals surface area contributed by atoms with Gasteiger partial charge in [0.15, 0.2) is 0 Å². The Morgan fingerprint density at radius 1 is 0.257 bits per heavy atom. The molecule has 14 nitrogen and oxygen atoms in total. The van der Waals surface area contributed by atoms with Gasteiger partial charge < -0.3 is 18.9 Å². The van der Waals surface area contributed by atoms with Crippen molar-refractivity contribution in [2.45, 2.75) is 197 Å². The lowest BCUT2D eigenvalue weighted by molar-refractivity contribution is 0.0877. The molecular formula is C134H110N4O10. The minimum atomic E-state index is -0.502. The van der Waals surface area contributed by atoms with Gasteiger partial charge in [0.1, 0.15) is 46.0 Å². The van der Waals surface area contributed by atoms with Crippen LogP contribution in [0.25, 0.3) is 164 Å². The minimum Gasteiger partial charge on any atom is -0.457 e. The minimum absolute atomic E-state index is 0.147. The van der Waals surface area contributed by atoms with Crippen molar-refractivity contribution in [1.82, 2.24) is 0 Å². The first kappa shape index (κ1) is 92.6. The molecule has 0 bridgehead atoms. The summed E-state index contributed by atoms with van der Waals surface area (Å²) in [5.74, 6) is 1.28. The molecule has 0 aromatic heterocycles. The number of imide groups is 2. The van der Waals surface area contributed by atoms with E-state index < -0.39 is 23.6 Å². The molecule has 0 atom stereocenters. The number of hydrogen-bond acceptors (Lipinski definition) is 12. The van der Waals surface area contributed by atoms with Crippen LogP contribution in [0.4, 0.5) is 22.7 Å². The number of carbonyl (C=O) groups excluding carboxylic acids is 6. The number of ether oxygens (including phenoxy) is 4. The first-order valence-electron chi connectivity index (χ1n) is 51.7. The predicted molar refractivity (Wildman–Crippen MR) is 603 cm³/mol. The molecule has 0 N–H and O–H groups in total. The molecular weight excluding hydrogens is 1830 g/mol. The average Bonchev–Trinajstić information content (AvgIpc) is 1.43. The Morgan fingerprint density at radius 3 is 0.723 bits per heavy atom. The van der Waals surface area contributed by atoms with Gasteiger partial charge in [-0.2, -0.15) is 9.98 Å². The smallest absolute Gasteiger partial charge is 0.266 e. The molecule has 0 saturated heterocycles. The number of benzene rings is 20. The van der Waals surface area contributed by atoms with Crippen LogP contribution in [0.2, 0.25) is 0 Å². The third-order valence-electron chi connectivity index (χ3n) is 31.9. The van der Waals surface area contributed by atoms with Gasteiger partial charge in [0, 0.05) is 43.1 Å². The van der Waals surface area contributed by atoms with Crippen molar-refractivity contribution in [2.24, 2.45) is 9.98 Å². The summed E-state index contributed by atoms with van der Waals surface area (Å²) in [5, 5.41) is 17.6. The molecule has 0 radical (unpaired) electrons. The second-order valence-corrected chi connectivity index (χ2v) is 46.6. The van der Waals surface area contributed by atoms with Crippen LogP contribution in [0.3, 0.4) is 0 Å². The van der Waals surface area contributed by atoms with Crippen molar-refractivity contribution in [1.29, 1.82) is 0 Å². The molecule has 5 aliphatic rings. The number of aryl methyl sites for hydroxylation is 2. The van der Waals surface area contributed by atoms with E-state index in [1.807, 2.05) is 128 Å². The molecule has 0 saturated carbocycles. The maximum atomic E-state index is 16.4. The largest absolute Gasteiger partial charge is 0.457 e. The number of fused-ring (bicyclic) bond motifs is 14. The number of nitrogens with zero attached hydrogens (tertiary/aromatic N) is 4. The van der Waals surface area contributed by atoms with Crippen molar-refractivity contribution in [3.05, 3.63) is 332 Å². The molecule has 0 fully saturated rings. The molecule has 2 heterocycles. The fraction of sp³-hybridized carbons (Fsp3) is 0.224. The van der Waals surface area contributed by atoms with Crippen LogP contribution >= 0.6 is 0 Å². The van der Waals surface area contributed by atoms with E-state index in [0.29, 0.717) is 135 Å². The van der Waals surface area contributed by atoms with Crippen LogP contribution in [-0.2, 0) is 44.1 Å². The first-order valence-corrected chi connectivity index (χ1v) is 51.7. The number of anilines is 2. The van der Waals surface area contributed by atoms with Gasteiger partial charge >= 0.3 is 0 Å². The Morgan fingerprint density at radius 2 is 0.493 bits per heavy atom. The van der Waals surface area contributed by atoms with Gasteiger partial charge in [-0.15, -0.1) is 0 Å². The number of aliphatic imine (C=N–C) groups is 2. The molecule has 4 amide bonds. The van der Waals surface area contributed by atoms with Gasteiger partial charge in [-0.05, 0) is 368 Å². The van der Waals surface area contributed by atoms with Gasteiger partial charge in [0.25, 0.3) is 23.6 Å². The molecule has 20 aromatic carbocycles. The Bertz CT molecular complexity index is 8630. The van der Waals surface area contributed by atoms with Crippen LogP contribution in [0.15, 0.2) is 253 Å². The second kappa shape index (κ2) is 33.0. The molecule has 25 rings (SSSR count). The van der Waals surface area contributed by atoms with Crippen LogP contribution < -0.4 is 28.7 Å². The van der Waals surface area contributed by atoms with Crippen molar-refractivity contribution < 1.29 is 47.7 Å². The Kier molecular flexibility index (Phi) is 20.7. The van der Waals surface area contributed by atoms with E-state index in [0.717, 1.165) is 177 Å². The maximum Gasteiger partial charge on any atom is 0.266 e. The van der Waals surface area contributed by atoms with Gasteiger partial charge in [0.05, 0.1) is 45.0 Å². The zero-order chi connectivity index (χ0) is 103. The SMILES string of the molecule is CC(C)c1cc(N=C=O)cc(C(C)C)c1N1C(=O)c2cc(Oc3ccc(C(C)(C)C)cc3)c3c4ccc5c6c(ccc(c7c(Oc8ccc(C(C)(C)C)cc8)cc(c2c37)C1=O)c64)-c1cc2cc3c(cc2cc1-5)/C=C\c1cc2cc4c(cc2cc1CC3)-c1ccc2c3c(Oc5ccc(C(C)(C)C)cc5)cc5c6c(cc(Oc7ccc(C(C)(C)C)cc7)c(c7ccc-4c1c72)c63)C(=O)N(c1c(C(C)C)cc(N=C=O)cc1C(C)C)C5=O. The first-order chi connectivity index (χ1) is 70.7. The summed E-state index contributed by atoms with van der Waals surface area (Å²) in [7, 11) is 0. The highest BCUT2D eigenvalue weighted by atomic mass is 16.5. The molecule has 2 aliphatic heterocycles. The predicted octanol–water partition coefficient (Wildman–Crippen LogP) is 36.0. The van der Waals surface area contributed by atoms with E-state index in [-0.39, 0.29) is 45.3 Å². The number of carbonyl (C=O) groups is 4. The van der Waals surface area contributed by atoms with Crippen molar-refractivity contribution in [3.8, 4) is 90.5 Å². The van der Waals surface area contributed by atoms with E-state index in [2.05, 4.69) is 251 Å². The highest BCUT2D eigenvalue weighted by Crippen LogP contribution is 2.62. The van der Waals surface area contributed by atoms with E-state index in [9.17, 15) is 9.59 Å². The number of isocyanates is 2. The van der Waals surface area contributed by atoms with Gasteiger partial charge in [-0.3, -0.25) is 19.2 Å². The van der Waals surface area contributed by atoms with Gasteiger partial charge in [-0.25, -0.2) is 19.4 Å². The summed E-state index contributed by atoms with van der Waals surface area (Å²) in [5.41, 5.74) is 23.3. The highest BCUT2D eigenvalue weighted by molar-refractivity contribution is 6.48. The lowest BCUT2D eigenvalue weighted by atomic mass is 9.82. The quantitative estimate of drug-likeness (QED) is 0.0298. The fourth-order valence-corrected chi connectivity index (χ4v) is 24.4. The molecule has 0 unspecified atom stereocenters. The monoisotopic (exact) mass is 1930 g/mol. The molecule has 148 heavy (non-hydrogen) atoms. The standard InChI is InChI=1S/C134H110N4O10/c1-67(2)97-57-83(135-65-139)58-98(68(3)4)125(97)137-127(141)105-61-109(145-85-33-25-79(26-34-85)131(9,10)11)119-93-45-41-89-101-53-75-49-71-21-23-73-51-77-55-103-91-43-47-95-116-96(48-44-92(114(91)116)104(103)56-78(77)52-74(73)24-22-72(71)50-76(75)54-102(101)90-42-46-94(115(93)113(89)90)120-110(62-106(128(137)142)117(105)123(119)120)146-86-35-27-80(28-36-86)132(12,13)14)122-112(148-88-39-31-82(32-40-88)134(18,19)20)64-108-118-107(63-111(121(95)124(118)122)147-87-37-29-81(30-38-87)133(15,16)17)129(143)138(130(108)144)126-99(69(5)6)59-84(136-66-140)60-100(126)70(7)8/h21,23,25-64,67-70H,22,24H2,1-20H3/b23-21-. The molecule has 20 aromatic rings. The summed E-state index contributed by atoms with van der Waals surface area (Å²) in [6.45, 7) is 42.4. The maximum absolute atomic E-state index is 16.4. The topological polar surface area (TPSA) is 171 Å². The fourth-order valence-electron chi connectivity index (χ4n) is 24.4. The Hall–Kier alpha value is -16.5. The van der Waals surface area contributed by atoms with Gasteiger partial charge in [-0.1, -0.05) is 260 Å². The second-order valence-electron chi connectivity index (χ2n) is 46.6. The molecule has 3 aliphatic carbocycles. The molecule has 14 heteroatoms. The van der Waals surface area contributed by atoms with Crippen LogP contribution in [0, 0.1) is 0 Å². The number of hydrogen-bond donors (Lipinski definition) is 0. The van der Waals surface area contributed by atoms with E-state index in [1.54, 1.807) is 36.4 Å². The summed E-state index contributed by atoms with van der Waals surface area (Å²) < 4.78 is 29.5. The Balaban J connectivity index is 0.625. The zero-order valence-electron chi connectivity index (χ0n) is 86.8. The lowest BCUT2D eigenvalue weighted by Crippen LogP contribution is -2.42. The van der Waals surface area contributed by atoms with E-state index in [1.165, 1.54) is 20.9 Å². The number of rotatable bonds is 16. The van der Waals surface area contributed by atoms with Crippen LogP contribution in [-0.4, -0.2) is 35.8 Å². The van der Waals surface area contributed by atoms with Crippen molar-refractivity contribution >= 4 is 178 Å². The van der Waals surface area contributed by atoms with Crippen LogP contribution in [0.5, 0.6) is 46.0 Å². The highest BCUT2D eigenvalue weighted by Gasteiger charge is 2.45. The van der Waals surface area contributed by atoms with E-state index in [4.69, 9.17) is 18.9 Å². The summed E-state index contributed by atoms with van der Waals surface area (Å²) in [6, 6.07) is 84.3. The number of amides is 4. The van der Waals surface area contributed by atoms with Crippen molar-refractivity contribution in [3.63, 3.8) is 0 Å². The normalized spacial score (nSPS) is 14.1. The van der Waals surface area contributed by atoms with Crippen LogP contribution in [0.1, 0.15) is 270 Å².